The van der Waals surface area contributed by atoms with E-state index in [0.717, 1.165) is 0 Å². The van der Waals surface area contributed by atoms with Gasteiger partial charge >= 0.3 is 6.18 Å². The number of alkyl halides is 4. The summed E-state index contributed by atoms with van der Waals surface area (Å²) in [6.45, 7) is 2.37. The van der Waals surface area contributed by atoms with E-state index in [1.807, 2.05) is 6.07 Å². The first kappa shape index (κ1) is 27.1. The van der Waals surface area contributed by atoms with Crippen molar-refractivity contribution in [2.75, 3.05) is 0 Å². The van der Waals surface area contributed by atoms with Crippen molar-refractivity contribution < 1.29 is 27.2 Å². The molecule has 2 amide bonds. The Hall–Kier alpha value is -3.45. The lowest BCUT2D eigenvalue weighted by molar-refractivity contribution is -0.198. The predicted octanol–water partition coefficient (Wildman–Crippen LogP) is 4.34. The average molecular weight is 505 g/mol. The predicted molar refractivity (Wildman–Crippen MR) is 126 cm³/mol. The highest BCUT2D eigenvalue weighted by Crippen LogP contribution is 2.50. The summed E-state index contributed by atoms with van der Waals surface area (Å²) in [7, 11) is 0. The molecule has 36 heavy (non-hydrogen) atoms. The standard InChI is InChI=1S/C26H28F4N4O2/c1-24(2,27)14-20(32)23(36)34(25(15-31)11-12-25)22(26(28,29)30)19-9-7-18(8-10-19)17-5-3-16(4-6-17)13-21(33)35/h3-10,20,22H,11-14,32H2,1-2H3,(H2,33,35)/t20-,22-/m0/s1. The molecule has 1 fully saturated rings. The molecule has 6 nitrogen and oxygen atoms in total. The van der Waals surface area contributed by atoms with Gasteiger partial charge in [0.05, 0.1) is 18.5 Å². The molecule has 1 saturated carbocycles. The van der Waals surface area contributed by atoms with Gasteiger partial charge in [0.15, 0.2) is 6.04 Å². The normalized spacial score (nSPS) is 16.5. The fourth-order valence-electron chi connectivity index (χ4n) is 4.26. The molecule has 1 aliphatic rings. The third-order valence-corrected chi connectivity index (χ3v) is 6.11. The smallest absolute Gasteiger partial charge is 0.369 e. The molecule has 3 rings (SSSR count). The van der Waals surface area contributed by atoms with Crippen LogP contribution in [0.4, 0.5) is 17.6 Å². The molecule has 0 spiro atoms. The number of nitrogens with zero attached hydrogens (tertiary/aromatic N) is 2. The SMILES string of the molecule is CC(C)(F)C[C@H](N)C(=O)N([C@@H](c1ccc(-c2ccc(CC(N)=O)cc2)cc1)C(F)(F)F)C1(C#N)CC1. The molecule has 0 saturated heterocycles. The van der Waals surface area contributed by atoms with E-state index in [0.29, 0.717) is 21.6 Å². The summed E-state index contributed by atoms with van der Waals surface area (Å²) in [6, 6.07) is 10.2. The van der Waals surface area contributed by atoms with E-state index in [1.54, 1.807) is 24.3 Å². The molecular weight excluding hydrogens is 476 g/mol. The number of rotatable bonds is 9. The lowest BCUT2D eigenvalue weighted by Crippen LogP contribution is -2.55. The number of benzene rings is 2. The van der Waals surface area contributed by atoms with Gasteiger partial charge in [-0.3, -0.25) is 9.59 Å². The summed E-state index contributed by atoms with van der Waals surface area (Å²) >= 11 is 0. The molecule has 2 atom stereocenters. The van der Waals surface area contributed by atoms with Crippen LogP contribution in [0.5, 0.6) is 0 Å². The minimum Gasteiger partial charge on any atom is -0.369 e. The minimum atomic E-state index is -4.91. The third-order valence-electron chi connectivity index (χ3n) is 6.11. The number of carbonyl (C=O) groups is 2. The second kappa shape index (κ2) is 9.90. The molecule has 2 aromatic rings. The first-order valence-electron chi connectivity index (χ1n) is 11.4. The highest BCUT2D eigenvalue weighted by atomic mass is 19.4. The van der Waals surface area contributed by atoms with Crippen LogP contribution in [-0.4, -0.2) is 40.1 Å². The van der Waals surface area contributed by atoms with E-state index >= 15 is 0 Å². The van der Waals surface area contributed by atoms with Gasteiger partial charge in [0.1, 0.15) is 11.2 Å². The van der Waals surface area contributed by atoms with Gasteiger partial charge < -0.3 is 16.4 Å². The van der Waals surface area contributed by atoms with Gasteiger partial charge in [0.25, 0.3) is 0 Å². The summed E-state index contributed by atoms with van der Waals surface area (Å²) in [5.41, 5.74) is 9.28. The Labute approximate surface area is 206 Å². The number of hydrogen-bond donors (Lipinski definition) is 2. The number of carbonyl (C=O) groups excluding carboxylic acids is 2. The Morgan fingerprint density at radius 2 is 1.53 bits per heavy atom. The monoisotopic (exact) mass is 504 g/mol. The van der Waals surface area contributed by atoms with Crippen LogP contribution in [0.1, 0.15) is 50.3 Å². The maximum atomic E-state index is 14.4. The van der Waals surface area contributed by atoms with Crippen LogP contribution in [0.25, 0.3) is 11.1 Å². The van der Waals surface area contributed by atoms with E-state index in [2.05, 4.69) is 0 Å². The Balaban J connectivity index is 1.97. The topological polar surface area (TPSA) is 113 Å². The number of nitrogens with two attached hydrogens (primary N) is 2. The Morgan fingerprint density at radius 3 is 1.92 bits per heavy atom. The summed E-state index contributed by atoms with van der Waals surface area (Å²) in [6.07, 6.45) is -5.19. The van der Waals surface area contributed by atoms with Crippen LogP contribution in [0.3, 0.4) is 0 Å². The van der Waals surface area contributed by atoms with Crippen molar-refractivity contribution in [2.45, 2.75) is 69.0 Å². The van der Waals surface area contributed by atoms with Crippen molar-refractivity contribution in [3.8, 4) is 17.2 Å². The van der Waals surface area contributed by atoms with Crippen molar-refractivity contribution in [1.82, 2.24) is 4.90 Å². The fourth-order valence-corrected chi connectivity index (χ4v) is 4.26. The number of hydrogen-bond acceptors (Lipinski definition) is 4. The van der Waals surface area contributed by atoms with Crippen LogP contribution in [0.2, 0.25) is 0 Å². The van der Waals surface area contributed by atoms with Crippen LogP contribution >= 0.6 is 0 Å². The average Bonchev–Trinajstić information content (AvgIpc) is 3.56. The quantitative estimate of drug-likeness (QED) is 0.495. The van der Waals surface area contributed by atoms with Crippen molar-refractivity contribution in [3.05, 3.63) is 59.7 Å². The summed E-state index contributed by atoms with van der Waals surface area (Å²) in [5, 5.41) is 9.67. The zero-order valence-electron chi connectivity index (χ0n) is 20.0. The Morgan fingerprint density at radius 1 is 1.03 bits per heavy atom. The summed E-state index contributed by atoms with van der Waals surface area (Å²) in [4.78, 5) is 24.8. The largest absolute Gasteiger partial charge is 0.413 e. The lowest BCUT2D eigenvalue weighted by Gasteiger charge is -2.38. The van der Waals surface area contributed by atoms with Crippen molar-refractivity contribution in [2.24, 2.45) is 11.5 Å². The van der Waals surface area contributed by atoms with Gasteiger partial charge in [-0.15, -0.1) is 0 Å². The van der Waals surface area contributed by atoms with Gasteiger partial charge in [-0.2, -0.15) is 18.4 Å². The van der Waals surface area contributed by atoms with Crippen LogP contribution < -0.4 is 11.5 Å². The first-order valence-corrected chi connectivity index (χ1v) is 11.4. The van der Waals surface area contributed by atoms with Crippen molar-refractivity contribution >= 4 is 11.8 Å². The molecular formula is C26H28F4N4O2. The van der Waals surface area contributed by atoms with Gasteiger partial charge in [0.2, 0.25) is 11.8 Å². The van der Waals surface area contributed by atoms with Gasteiger partial charge in [-0.05, 0) is 48.9 Å². The third kappa shape index (κ3) is 6.21. The molecule has 0 aromatic heterocycles. The molecule has 0 aliphatic heterocycles. The molecule has 0 heterocycles. The van der Waals surface area contributed by atoms with Crippen LogP contribution in [0, 0.1) is 11.3 Å². The first-order chi connectivity index (χ1) is 16.7. The number of halogens is 4. The highest BCUT2D eigenvalue weighted by Gasteiger charge is 2.60. The summed E-state index contributed by atoms with van der Waals surface area (Å²) < 4.78 is 57.4. The molecule has 0 radical (unpaired) electrons. The maximum absolute atomic E-state index is 14.4. The van der Waals surface area contributed by atoms with E-state index in [-0.39, 0.29) is 24.8 Å². The molecule has 10 heteroatoms. The number of nitriles is 1. The fraction of sp³-hybridized carbons (Fsp3) is 0.423. The van der Waals surface area contributed by atoms with E-state index in [4.69, 9.17) is 11.5 Å². The van der Waals surface area contributed by atoms with E-state index in [9.17, 15) is 32.4 Å². The van der Waals surface area contributed by atoms with Crippen LogP contribution in [-0.2, 0) is 16.0 Å². The van der Waals surface area contributed by atoms with E-state index < -0.39 is 47.7 Å². The van der Waals surface area contributed by atoms with Gasteiger partial charge in [-0.1, -0.05) is 48.5 Å². The molecule has 0 bridgehead atoms. The van der Waals surface area contributed by atoms with Gasteiger partial charge in [-0.25, -0.2) is 4.39 Å². The highest BCUT2D eigenvalue weighted by molar-refractivity contribution is 5.84. The number of primary amides is 1. The molecule has 4 N–H and O–H groups in total. The molecule has 2 aromatic carbocycles. The minimum absolute atomic E-state index is 0.0682. The zero-order chi connectivity index (χ0) is 26.9. The molecule has 1 aliphatic carbocycles. The molecule has 192 valence electrons. The Kier molecular flexibility index (Phi) is 7.46. The maximum Gasteiger partial charge on any atom is 0.413 e. The lowest BCUT2D eigenvalue weighted by atomic mass is 9.95. The number of amides is 2. The second-order valence-corrected chi connectivity index (χ2v) is 9.79. The zero-order valence-corrected chi connectivity index (χ0v) is 20.0. The van der Waals surface area contributed by atoms with Crippen LogP contribution in [0.15, 0.2) is 48.5 Å². The van der Waals surface area contributed by atoms with Gasteiger partial charge in [0, 0.05) is 6.42 Å². The summed E-state index contributed by atoms with van der Waals surface area (Å²) in [5.74, 6) is -1.60. The van der Waals surface area contributed by atoms with E-state index in [1.165, 1.54) is 38.1 Å². The second-order valence-electron chi connectivity index (χ2n) is 9.79. The van der Waals surface area contributed by atoms with Crippen molar-refractivity contribution in [3.63, 3.8) is 0 Å². The Bertz CT molecular complexity index is 1140. The molecule has 0 unspecified atom stereocenters. The van der Waals surface area contributed by atoms with Crippen molar-refractivity contribution in [1.29, 1.82) is 5.26 Å².